The summed E-state index contributed by atoms with van der Waals surface area (Å²) in [5, 5.41) is 0. The van der Waals surface area contributed by atoms with Crippen LogP contribution in [-0.2, 0) is 11.2 Å². The molecule has 0 spiro atoms. The number of benzene rings is 2. The van der Waals surface area contributed by atoms with Crippen molar-refractivity contribution in [3.8, 4) is 11.5 Å². The standard InChI is InChI=1S/C21H25BrN2O3/c1-13-9-16(27-3)11-17(22)21(13)18(23)12-20(25)24-8-4-5-14-10-15(26-2)6-7-19(14)24/h6-7,9-11,18H,4-5,8,12,23H2,1-3H3. The molecule has 3 rings (SSSR count). The SMILES string of the molecule is COc1cc(C)c(C(N)CC(=O)N2CCCc3cc(OC)ccc32)c(Br)c1. The van der Waals surface area contributed by atoms with Crippen LogP contribution in [0.5, 0.6) is 11.5 Å². The summed E-state index contributed by atoms with van der Waals surface area (Å²) in [5.74, 6) is 1.62. The molecule has 0 saturated carbocycles. The van der Waals surface area contributed by atoms with Gasteiger partial charge in [0.1, 0.15) is 11.5 Å². The van der Waals surface area contributed by atoms with Crippen molar-refractivity contribution >= 4 is 27.5 Å². The molecule has 0 bridgehead atoms. The molecule has 0 fully saturated rings. The Kier molecular flexibility index (Phi) is 6.07. The van der Waals surface area contributed by atoms with E-state index in [4.69, 9.17) is 15.2 Å². The molecular weight excluding hydrogens is 408 g/mol. The first-order chi connectivity index (χ1) is 12.9. The number of nitrogens with two attached hydrogens (primary N) is 1. The predicted molar refractivity (Wildman–Crippen MR) is 111 cm³/mol. The summed E-state index contributed by atoms with van der Waals surface area (Å²) in [4.78, 5) is 14.9. The maximum atomic E-state index is 13.0. The van der Waals surface area contributed by atoms with Crippen LogP contribution in [0.15, 0.2) is 34.8 Å². The molecule has 2 N–H and O–H groups in total. The van der Waals surface area contributed by atoms with E-state index in [1.807, 2.05) is 42.2 Å². The smallest absolute Gasteiger partial charge is 0.228 e. The van der Waals surface area contributed by atoms with Crippen LogP contribution in [0.3, 0.4) is 0 Å². The number of hydrogen-bond acceptors (Lipinski definition) is 4. The molecule has 2 aromatic rings. The Balaban J connectivity index is 1.81. The summed E-state index contributed by atoms with van der Waals surface area (Å²) in [7, 11) is 3.29. The first-order valence-corrected chi connectivity index (χ1v) is 9.80. The van der Waals surface area contributed by atoms with Gasteiger partial charge in [-0.2, -0.15) is 0 Å². The molecule has 1 amide bonds. The van der Waals surface area contributed by atoms with Crippen LogP contribution in [-0.4, -0.2) is 26.7 Å². The molecule has 6 heteroatoms. The minimum absolute atomic E-state index is 0.0377. The zero-order valence-electron chi connectivity index (χ0n) is 15.9. The maximum Gasteiger partial charge on any atom is 0.228 e. The van der Waals surface area contributed by atoms with E-state index in [0.717, 1.165) is 51.2 Å². The van der Waals surface area contributed by atoms with Crippen LogP contribution in [0.1, 0.15) is 35.6 Å². The van der Waals surface area contributed by atoms with Crippen LogP contribution in [0, 0.1) is 6.92 Å². The molecule has 144 valence electrons. The maximum absolute atomic E-state index is 13.0. The highest BCUT2D eigenvalue weighted by molar-refractivity contribution is 9.10. The van der Waals surface area contributed by atoms with Crippen molar-refractivity contribution in [1.29, 1.82) is 0 Å². The van der Waals surface area contributed by atoms with Gasteiger partial charge >= 0.3 is 0 Å². The summed E-state index contributed by atoms with van der Waals surface area (Å²) in [6, 6.07) is 9.31. The van der Waals surface area contributed by atoms with Gasteiger partial charge in [0.2, 0.25) is 5.91 Å². The molecule has 0 radical (unpaired) electrons. The molecule has 0 aliphatic carbocycles. The van der Waals surface area contributed by atoms with Crippen LogP contribution in [0.4, 0.5) is 5.69 Å². The minimum atomic E-state index is -0.388. The lowest BCUT2D eigenvalue weighted by Crippen LogP contribution is -2.37. The number of rotatable bonds is 5. The summed E-state index contributed by atoms with van der Waals surface area (Å²) in [6.07, 6.45) is 2.13. The number of carbonyl (C=O) groups excluding carboxylic acids is 1. The molecule has 0 aromatic heterocycles. The van der Waals surface area contributed by atoms with E-state index in [2.05, 4.69) is 15.9 Å². The third-order valence-corrected chi connectivity index (χ3v) is 5.67. The second kappa shape index (κ2) is 8.31. The number of anilines is 1. The Bertz CT molecular complexity index is 830. The van der Waals surface area contributed by atoms with Gasteiger partial charge in [0.25, 0.3) is 0 Å². The van der Waals surface area contributed by atoms with Gasteiger partial charge in [0.05, 0.1) is 14.2 Å². The summed E-state index contributed by atoms with van der Waals surface area (Å²) < 4.78 is 11.5. The van der Waals surface area contributed by atoms with Gasteiger partial charge in [-0.05, 0) is 66.8 Å². The van der Waals surface area contributed by atoms with E-state index in [1.54, 1.807) is 14.2 Å². The van der Waals surface area contributed by atoms with Crippen molar-refractivity contribution in [2.24, 2.45) is 5.73 Å². The summed E-state index contributed by atoms with van der Waals surface area (Å²) in [6.45, 7) is 2.70. The third-order valence-electron chi connectivity index (χ3n) is 5.02. The van der Waals surface area contributed by atoms with Gasteiger partial charge in [-0.3, -0.25) is 4.79 Å². The number of nitrogens with zero attached hydrogens (tertiary/aromatic N) is 1. The number of amides is 1. The van der Waals surface area contributed by atoms with Crippen molar-refractivity contribution < 1.29 is 14.3 Å². The molecule has 1 aliphatic heterocycles. The van der Waals surface area contributed by atoms with E-state index < -0.39 is 0 Å². The van der Waals surface area contributed by atoms with Gasteiger partial charge < -0.3 is 20.1 Å². The fraction of sp³-hybridized carbons (Fsp3) is 0.381. The Morgan fingerprint density at radius 3 is 2.63 bits per heavy atom. The fourth-order valence-electron chi connectivity index (χ4n) is 3.67. The average Bonchev–Trinajstić information content (AvgIpc) is 2.66. The lowest BCUT2D eigenvalue weighted by molar-refractivity contribution is -0.119. The fourth-order valence-corrected chi connectivity index (χ4v) is 4.50. The Morgan fingerprint density at radius 1 is 1.22 bits per heavy atom. The van der Waals surface area contributed by atoms with E-state index >= 15 is 0 Å². The van der Waals surface area contributed by atoms with Gasteiger partial charge in [-0.1, -0.05) is 15.9 Å². The quantitative estimate of drug-likeness (QED) is 0.770. The van der Waals surface area contributed by atoms with E-state index in [0.29, 0.717) is 6.54 Å². The number of methoxy groups -OCH3 is 2. The molecule has 0 saturated heterocycles. The molecule has 27 heavy (non-hydrogen) atoms. The Hall–Kier alpha value is -2.05. The highest BCUT2D eigenvalue weighted by atomic mass is 79.9. The number of ether oxygens (including phenoxy) is 2. The third kappa shape index (κ3) is 4.12. The molecule has 1 atom stereocenters. The molecule has 1 unspecified atom stereocenters. The summed E-state index contributed by atoms with van der Waals surface area (Å²) in [5.41, 5.74) is 10.5. The number of hydrogen-bond donors (Lipinski definition) is 1. The minimum Gasteiger partial charge on any atom is -0.497 e. The van der Waals surface area contributed by atoms with Crippen LogP contribution in [0.2, 0.25) is 0 Å². The van der Waals surface area contributed by atoms with Gasteiger partial charge in [0.15, 0.2) is 0 Å². The summed E-state index contributed by atoms with van der Waals surface area (Å²) >= 11 is 3.57. The number of aryl methyl sites for hydroxylation is 2. The lowest BCUT2D eigenvalue weighted by Gasteiger charge is -2.31. The molecular formula is C21H25BrN2O3. The largest absolute Gasteiger partial charge is 0.497 e. The van der Waals surface area contributed by atoms with Crippen LogP contribution in [0.25, 0.3) is 0 Å². The zero-order chi connectivity index (χ0) is 19.6. The van der Waals surface area contributed by atoms with E-state index in [9.17, 15) is 4.79 Å². The number of fused-ring (bicyclic) bond motifs is 1. The normalized spacial score (nSPS) is 14.5. The number of halogens is 1. The molecule has 1 aliphatic rings. The molecule has 2 aromatic carbocycles. The van der Waals surface area contributed by atoms with Crippen molar-refractivity contribution in [2.45, 2.75) is 32.2 Å². The van der Waals surface area contributed by atoms with Crippen molar-refractivity contribution in [3.05, 3.63) is 51.5 Å². The number of carbonyl (C=O) groups is 1. The van der Waals surface area contributed by atoms with Crippen LogP contribution < -0.4 is 20.1 Å². The molecule has 1 heterocycles. The van der Waals surface area contributed by atoms with Gasteiger partial charge in [0, 0.05) is 29.2 Å². The topological polar surface area (TPSA) is 64.8 Å². The van der Waals surface area contributed by atoms with Crippen molar-refractivity contribution in [2.75, 3.05) is 25.7 Å². The zero-order valence-corrected chi connectivity index (χ0v) is 17.5. The second-order valence-electron chi connectivity index (χ2n) is 6.79. The van der Waals surface area contributed by atoms with Gasteiger partial charge in [-0.15, -0.1) is 0 Å². The van der Waals surface area contributed by atoms with Gasteiger partial charge in [-0.25, -0.2) is 0 Å². The predicted octanol–water partition coefficient (Wildman–Crippen LogP) is 4.14. The second-order valence-corrected chi connectivity index (χ2v) is 7.65. The highest BCUT2D eigenvalue weighted by Gasteiger charge is 2.26. The Morgan fingerprint density at radius 2 is 1.96 bits per heavy atom. The highest BCUT2D eigenvalue weighted by Crippen LogP contribution is 2.34. The van der Waals surface area contributed by atoms with E-state index in [1.165, 1.54) is 0 Å². The van der Waals surface area contributed by atoms with E-state index in [-0.39, 0.29) is 18.4 Å². The first kappa shape index (κ1) is 19.7. The first-order valence-electron chi connectivity index (χ1n) is 9.01. The average molecular weight is 433 g/mol. The lowest BCUT2D eigenvalue weighted by atomic mass is 9.97. The van der Waals surface area contributed by atoms with Crippen molar-refractivity contribution in [1.82, 2.24) is 0 Å². The molecule has 5 nitrogen and oxygen atoms in total. The monoisotopic (exact) mass is 432 g/mol. The Labute approximate surface area is 168 Å². The van der Waals surface area contributed by atoms with Crippen LogP contribution >= 0.6 is 15.9 Å². The van der Waals surface area contributed by atoms with Crippen molar-refractivity contribution in [3.63, 3.8) is 0 Å².